The van der Waals surface area contributed by atoms with Gasteiger partial charge in [-0.15, -0.1) is 0 Å². The van der Waals surface area contributed by atoms with E-state index in [1.807, 2.05) is 45.1 Å². The Bertz CT molecular complexity index is 342. The molecule has 15 heavy (non-hydrogen) atoms. The Kier molecular flexibility index (Phi) is 4.37. The van der Waals surface area contributed by atoms with E-state index in [4.69, 9.17) is 10.5 Å². The fraction of sp³-hybridized carbons (Fsp3) is 0.385. The second-order valence-corrected chi connectivity index (χ2v) is 3.69. The summed E-state index contributed by atoms with van der Waals surface area (Å²) in [6.07, 6.45) is 3.96. The third-order valence-corrected chi connectivity index (χ3v) is 2.30. The molecule has 0 spiro atoms. The van der Waals surface area contributed by atoms with Gasteiger partial charge in [0, 0.05) is 6.04 Å². The molecule has 0 bridgehead atoms. The lowest BCUT2D eigenvalue weighted by molar-refractivity contribution is 0.360. The van der Waals surface area contributed by atoms with Gasteiger partial charge < -0.3 is 10.5 Å². The lowest BCUT2D eigenvalue weighted by Crippen LogP contribution is -2.05. The maximum Gasteiger partial charge on any atom is 0.122 e. The van der Waals surface area contributed by atoms with Crippen molar-refractivity contribution in [2.24, 2.45) is 5.73 Å². The van der Waals surface area contributed by atoms with Crippen LogP contribution in [-0.4, -0.2) is 6.61 Å². The highest BCUT2D eigenvalue weighted by molar-refractivity contribution is 5.37. The summed E-state index contributed by atoms with van der Waals surface area (Å²) in [5, 5.41) is 0. The zero-order chi connectivity index (χ0) is 11.3. The molecule has 0 radical (unpaired) electrons. The van der Waals surface area contributed by atoms with E-state index in [0.29, 0.717) is 6.61 Å². The van der Waals surface area contributed by atoms with Crippen molar-refractivity contribution in [2.75, 3.05) is 6.61 Å². The van der Waals surface area contributed by atoms with Crippen LogP contribution in [0.3, 0.4) is 0 Å². The van der Waals surface area contributed by atoms with E-state index >= 15 is 0 Å². The first-order valence-corrected chi connectivity index (χ1v) is 5.25. The number of rotatable bonds is 4. The predicted octanol–water partition coefficient (Wildman–Crippen LogP) is 2.97. The van der Waals surface area contributed by atoms with Crippen LogP contribution in [0, 0.1) is 6.92 Å². The molecule has 2 N–H and O–H groups in total. The van der Waals surface area contributed by atoms with E-state index in [-0.39, 0.29) is 6.04 Å². The monoisotopic (exact) mass is 205 g/mol. The van der Waals surface area contributed by atoms with Crippen molar-refractivity contribution >= 4 is 0 Å². The largest absolute Gasteiger partial charge is 0.489 e. The lowest BCUT2D eigenvalue weighted by atomic mass is 10.1. The quantitative estimate of drug-likeness (QED) is 0.767. The second-order valence-electron chi connectivity index (χ2n) is 3.69. The van der Waals surface area contributed by atoms with Gasteiger partial charge in [0.15, 0.2) is 0 Å². The van der Waals surface area contributed by atoms with E-state index in [1.54, 1.807) is 0 Å². The number of hydrogen-bond donors (Lipinski definition) is 1. The van der Waals surface area contributed by atoms with Crippen LogP contribution in [0.2, 0.25) is 0 Å². The Hall–Kier alpha value is -1.28. The summed E-state index contributed by atoms with van der Waals surface area (Å²) in [4.78, 5) is 0. The standard InChI is InChI=1S/C13H19NO/c1-4-5-8-15-13-7-6-12(11(3)14)9-10(13)2/h4-7,9,11H,8,14H2,1-3H3/b5-4+. The molecule has 82 valence electrons. The molecule has 0 aliphatic rings. The van der Waals surface area contributed by atoms with Crippen LogP contribution in [0.15, 0.2) is 30.4 Å². The third kappa shape index (κ3) is 3.40. The summed E-state index contributed by atoms with van der Waals surface area (Å²) in [5.41, 5.74) is 8.08. The first-order valence-electron chi connectivity index (χ1n) is 5.25. The Balaban J connectivity index is 2.74. The van der Waals surface area contributed by atoms with E-state index in [0.717, 1.165) is 16.9 Å². The highest BCUT2D eigenvalue weighted by Gasteiger charge is 2.03. The van der Waals surface area contributed by atoms with Crippen LogP contribution in [0.25, 0.3) is 0 Å². The predicted molar refractivity (Wildman–Crippen MR) is 64.1 cm³/mol. The fourth-order valence-electron chi connectivity index (χ4n) is 1.35. The maximum absolute atomic E-state index is 5.80. The van der Waals surface area contributed by atoms with Crippen molar-refractivity contribution in [1.29, 1.82) is 0 Å². The number of benzene rings is 1. The smallest absolute Gasteiger partial charge is 0.122 e. The van der Waals surface area contributed by atoms with Crippen molar-refractivity contribution in [3.8, 4) is 5.75 Å². The van der Waals surface area contributed by atoms with Gasteiger partial charge in [0.1, 0.15) is 12.4 Å². The minimum Gasteiger partial charge on any atom is -0.489 e. The molecule has 1 unspecified atom stereocenters. The van der Waals surface area contributed by atoms with E-state index < -0.39 is 0 Å². The van der Waals surface area contributed by atoms with Gasteiger partial charge in [-0.05, 0) is 38.0 Å². The van der Waals surface area contributed by atoms with Crippen molar-refractivity contribution in [3.63, 3.8) is 0 Å². The van der Waals surface area contributed by atoms with Crippen molar-refractivity contribution in [3.05, 3.63) is 41.5 Å². The summed E-state index contributed by atoms with van der Waals surface area (Å²) in [6.45, 7) is 6.62. The molecular weight excluding hydrogens is 186 g/mol. The molecule has 0 aliphatic heterocycles. The number of aryl methyl sites for hydroxylation is 1. The highest BCUT2D eigenvalue weighted by Crippen LogP contribution is 2.21. The average Bonchev–Trinajstić information content (AvgIpc) is 2.20. The molecule has 0 amide bonds. The fourth-order valence-corrected chi connectivity index (χ4v) is 1.35. The van der Waals surface area contributed by atoms with Crippen molar-refractivity contribution in [1.82, 2.24) is 0 Å². The van der Waals surface area contributed by atoms with Gasteiger partial charge in [0.25, 0.3) is 0 Å². The molecule has 1 rings (SSSR count). The van der Waals surface area contributed by atoms with Gasteiger partial charge in [0.2, 0.25) is 0 Å². The summed E-state index contributed by atoms with van der Waals surface area (Å²) in [5.74, 6) is 0.928. The Morgan fingerprint density at radius 3 is 2.73 bits per heavy atom. The summed E-state index contributed by atoms with van der Waals surface area (Å²) < 4.78 is 5.58. The molecule has 0 aliphatic carbocycles. The molecule has 0 saturated carbocycles. The number of nitrogens with two attached hydrogens (primary N) is 1. The molecule has 2 heteroatoms. The average molecular weight is 205 g/mol. The second kappa shape index (κ2) is 5.56. The lowest BCUT2D eigenvalue weighted by Gasteiger charge is -2.11. The van der Waals surface area contributed by atoms with Crippen molar-refractivity contribution < 1.29 is 4.74 Å². The summed E-state index contributed by atoms with van der Waals surface area (Å²) in [6, 6.07) is 6.16. The first kappa shape index (κ1) is 11.8. The van der Waals surface area contributed by atoms with Crippen LogP contribution in [-0.2, 0) is 0 Å². The molecule has 1 aromatic rings. The normalized spacial score (nSPS) is 13.1. The minimum absolute atomic E-state index is 0.0771. The van der Waals surface area contributed by atoms with E-state index in [1.165, 1.54) is 0 Å². The van der Waals surface area contributed by atoms with E-state index in [9.17, 15) is 0 Å². The van der Waals surface area contributed by atoms with Gasteiger partial charge in [0.05, 0.1) is 0 Å². The highest BCUT2D eigenvalue weighted by atomic mass is 16.5. The van der Waals surface area contributed by atoms with Gasteiger partial charge in [-0.25, -0.2) is 0 Å². The van der Waals surface area contributed by atoms with Gasteiger partial charge >= 0.3 is 0 Å². The SMILES string of the molecule is C/C=C/COc1ccc(C(C)N)cc1C. The number of ether oxygens (including phenoxy) is 1. The first-order chi connectivity index (χ1) is 7.15. The van der Waals surface area contributed by atoms with Gasteiger partial charge in [-0.3, -0.25) is 0 Å². The Labute approximate surface area is 91.7 Å². The number of hydrogen-bond acceptors (Lipinski definition) is 2. The molecule has 2 nitrogen and oxygen atoms in total. The molecule has 0 heterocycles. The zero-order valence-electron chi connectivity index (χ0n) is 9.66. The topological polar surface area (TPSA) is 35.2 Å². The zero-order valence-corrected chi connectivity index (χ0v) is 9.66. The van der Waals surface area contributed by atoms with Crippen LogP contribution in [0.4, 0.5) is 0 Å². The number of allylic oxidation sites excluding steroid dienone is 1. The Morgan fingerprint density at radius 1 is 1.47 bits per heavy atom. The molecule has 0 saturated heterocycles. The molecular formula is C13H19NO. The molecule has 1 aromatic carbocycles. The van der Waals surface area contributed by atoms with Gasteiger partial charge in [-0.2, -0.15) is 0 Å². The minimum atomic E-state index is 0.0771. The summed E-state index contributed by atoms with van der Waals surface area (Å²) >= 11 is 0. The third-order valence-electron chi connectivity index (χ3n) is 2.30. The Morgan fingerprint density at radius 2 is 2.20 bits per heavy atom. The van der Waals surface area contributed by atoms with Crippen molar-refractivity contribution in [2.45, 2.75) is 26.8 Å². The van der Waals surface area contributed by atoms with Crippen LogP contribution < -0.4 is 10.5 Å². The molecule has 1 atom stereocenters. The maximum atomic E-state index is 5.80. The van der Waals surface area contributed by atoms with Crippen LogP contribution in [0.5, 0.6) is 5.75 Å². The van der Waals surface area contributed by atoms with Crippen LogP contribution in [0.1, 0.15) is 31.0 Å². The van der Waals surface area contributed by atoms with Crippen LogP contribution >= 0.6 is 0 Å². The van der Waals surface area contributed by atoms with E-state index in [2.05, 4.69) is 6.07 Å². The molecule has 0 aromatic heterocycles. The molecule has 0 fully saturated rings. The summed E-state index contributed by atoms with van der Waals surface area (Å²) in [7, 11) is 0. The van der Waals surface area contributed by atoms with Gasteiger partial charge in [-0.1, -0.05) is 24.3 Å².